The first kappa shape index (κ1) is 21.1. The van der Waals surface area contributed by atoms with E-state index < -0.39 is 8.32 Å². The lowest BCUT2D eigenvalue weighted by molar-refractivity contribution is -0.132. The summed E-state index contributed by atoms with van der Waals surface area (Å²) in [5.74, 6) is 0.434. The molecule has 1 fully saturated rings. The lowest BCUT2D eigenvalue weighted by Gasteiger charge is -2.42. The Hall–Kier alpha value is 0.0569. The van der Waals surface area contributed by atoms with Gasteiger partial charge in [-0.05, 0) is 30.5 Å². The molecule has 0 amide bonds. The second-order valence-electron chi connectivity index (χ2n) is 8.37. The Morgan fingerprint density at radius 1 is 1.26 bits per heavy atom. The molecule has 0 aromatic carbocycles. The van der Waals surface area contributed by atoms with Crippen LogP contribution in [0.25, 0.3) is 0 Å². The van der Waals surface area contributed by atoms with Crippen LogP contribution in [0.4, 0.5) is 0 Å². The summed E-state index contributed by atoms with van der Waals surface area (Å²) in [6.45, 7) is 17.0. The van der Waals surface area contributed by atoms with Crippen molar-refractivity contribution in [2.75, 3.05) is 20.5 Å². The average molecular weight is 347 g/mol. The van der Waals surface area contributed by atoms with Gasteiger partial charge in [0.15, 0.2) is 8.32 Å². The van der Waals surface area contributed by atoms with E-state index >= 15 is 0 Å². The van der Waals surface area contributed by atoms with Crippen LogP contribution in [0.5, 0.6) is 0 Å². The van der Waals surface area contributed by atoms with Gasteiger partial charge in [0.05, 0.1) is 18.8 Å². The van der Waals surface area contributed by atoms with Gasteiger partial charge in [0.25, 0.3) is 0 Å². The molecule has 1 aliphatic heterocycles. The number of unbranched alkanes of at least 4 members (excludes halogenated alkanes) is 1. The van der Waals surface area contributed by atoms with Crippen LogP contribution in [0.3, 0.4) is 0 Å². The topological polar surface area (TPSA) is 40.2 Å². The van der Waals surface area contributed by atoms with Gasteiger partial charge in [-0.3, -0.25) is 0 Å². The number of epoxide rings is 1. The van der Waals surface area contributed by atoms with Gasteiger partial charge in [-0.1, -0.05) is 47.5 Å². The summed E-state index contributed by atoms with van der Waals surface area (Å²) < 4.78 is 23.6. The molecule has 0 radical (unpaired) electrons. The monoisotopic (exact) mass is 346 g/mol. The van der Waals surface area contributed by atoms with E-state index in [9.17, 15) is 0 Å². The Morgan fingerprint density at radius 2 is 1.87 bits per heavy atom. The normalized spacial score (nSPS) is 22.7. The third kappa shape index (κ3) is 6.46. The van der Waals surface area contributed by atoms with Crippen LogP contribution in [-0.2, 0) is 18.6 Å². The highest BCUT2D eigenvalue weighted by molar-refractivity contribution is 6.74. The lowest BCUT2D eigenvalue weighted by atomic mass is 9.93. The molecule has 1 aliphatic rings. The minimum absolute atomic E-state index is 0.0119. The molecule has 5 heteroatoms. The SMILES string of the molecule is CCCC[C@H](C)[C@@H](OCOC)[C@H](O[Si](C)(C)C(C)(C)C)[C@H]1CO1. The molecule has 138 valence electrons. The number of methoxy groups -OCH3 is 1. The van der Waals surface area contributed by atoms with E-state index in [1.165, 1.54) is 12.8 Å². The lowest BCUT2D eigenvalue weighted by Crippen LogP contribution is -2.51. The van der Waals surface area contributed by atoms with Gasteiger partial charge in [-0.2, -0.15) is 0 Å². The third-order valence-corrected chi connectivity index (χ3v) is 9.71. The van der Waals surface area contributed by atoms with Crippen LogP contribution >= 0.6 is 0 Å². The van der Waals surface area contributed by atoms with Crippen molar-refractivity contribution in [3.8, 4) is 0 Å². The Labute approximate surface area is 144 Å². The highest BCUT2D eigenvalue weighted by atomic mass is 28.4. The molecule has 0 bridgehead atoms. The predicted molar refractivity (Wildman–Crippen MR) is 97.2 cm³/mol. The zero-order valence-electron chi connectivity index (χ0n) is 16.5. The number of hydrogen-bond donors (Lipinski definition) is 0. The van der Waals surface area contributed by atoms with Crippen LogP contribution < -0.4 is 0 Å². The van der Waals surface area contributed by atoms with Crippen molar-refractivity contribution in [3.05, 3.63) is 0 Å². The van der Waals surface area contributed by atoms with Gasteiger partial charge in [0.1, 0.15) is 12.9 Å². The fourth-order valence-electron chi connectivity index (χ4n) is 2.54. The Morgan fingerprint density at radius 3 is 2.30 bits per heavy atom. The highest BCUT2D eigenvalue weighted by Crippen LogP contribution is 2.40. The van der Waals surface area contributed by atoms with Crippen LogP contribution in [-0.4, -0.2) is 47.1 Å². The van der Waals surface area contributed by atoms with Crippen molar-refractivity contribution in [2.24, 2.45) is 5.92 Å². The maximum atomic E-state index is 6.72. The standard InChI is InChI=1S/C18H38O4Si/c1-9-10-11-14(2)16(21-13-19-6)17(15-12-20-15)22-23(7,8)18(3,4)5/h14-17H,9-13H2,1-8H3/t14-,15+,16+,17+/m0/s1. The predicted octanol–water partition coefficient (Wildman–Crippen LogP) is 4.59. The highest BCUT2D eigenvalue weighted by Gasteiger charge is 2.48. The molecule has 0 unspecified atom stereocenters. The van der Waals surface area contributed by atoms with Crippen molar-refractivity contribution < 1.29 is 18.6 Å². The zero-order chi connectivity index (χ0) is 17.7. The van der Waals surface area contributed by atoms with Gasteiger partial charge in [0, 0.05) is 7.11 Å². The maximum Gasteiger partial charge on any atom is 0.192 e. The maximum absolute atomic E-state index is 6.72. The fourth-order valence-corrected chi connectivity index (χ4v) is 3.86. The zero-order valence-corrected chi connectivity index (χ0v) is 17.5. The minimum Gasteiger partial charge on any atom is -0.409 e. The smallest absolute Gasteiger partial charge is 0.192 e. The first-order chi connectivity index (χ1) is 10.6. The summed E-state index contributed by atoms with van der Waals surface area (Å²) in [5, 5.41) is 0.179. The first-order valence-electron chi connectivity index (χ1n) is 9.04. The quantitative estimate of drug-likeness (QED) is 0.312. The van der Waals surface area contributed by atoms with E-state index in [0.29, 0.717) is 12.7 Å². The van der Waals surface area contributed by atoms with Gasteiger partial charge in [0.2, 0.25) is 0 Å². The van der Waals surface area contributed by atoms with E-state index in [1.54, 1.807) is 7.11 Å². The van der Waals surface area contributed by atoms with Gasteiger partial charge in [-0.15, -0.1) is 0 Å². The molecule has 0 aromatic rings. The van der Waals surface area contributed by atoms with Crippen molar-refractivity contribution in [2.45, 2.75) is 90.3 Å². The van der Waals surface area contributed by atoms with E-state index in [-0.39, 0.29) is 23.4 Å². The Kier molecular flexibility index (Phi) is 8.21. The van der Waals surface area contributed by atoms with Crippen LogP contribution in [0.1, 0.15) is 53.9 Å². The number of hydrogen-bond acceptors (Lipinski definition) is 4. The Balaban J connectivity index is 2.87. The average Bonchev–Trinajstić information content (AvgIpc) is 3.27. The molecule has 1 heterocycles. The molecule has 0 saturated carbocycles. The second-order valence-corrected chi connectivity index (χ2v) is 13.1. The molecular weight excluding hydrogens is 308 g/mol. The van der Waals surface area contributed by atoms with Gasteiger partial charge >= 0.3 is 0 Å². The van der Waals surface area contributed by atoms with Crippen molar-refractivity contribution in [3.63, 3.8) is 0 Å². The molecule has 23 heavy (non-hydrogen) atoms. The minimum atomic E-state index is -1.87. The number of rotatable bonds is 11. The molecule has 0 aromatic heterocycles. The number of ether oxygens (including phenoxy) is 3. The molecule has 1 saturated heterocycles. The molecule has 0 spiro atoms. The first-order valence-corrected chi connectivity index (χ1v) is 11.9. The van der Waals surface area contributed by atoms with Gasteiger partial charge < -0.3 is 18.6 Å². The molecule has 4 nitrogen and oxygen atoms in total. The molecule has 0 aliphatic carbocycles. The summed E-state index contributed by atoms with van der Waals surface area (Å²) in [4.78, 5) is 0. The van der Waals surface area contributed by atoms with Crippen LogP contribution in [0.15, 0.2) is 0 Å². The van der Waals surface area contributed by atoms with E-state index in [2.05, 4.69) is 47.7 Å². The van der Waals surface area contributed by atoms with Crippen molar-refractivity contribution >= 4 is 8.32 Å². The molecule has 1 rings (SSSR count). The summed E-state index contributed by atoms with van der Waals surface area (Å²) in [5.41, 5.74) is 0. The van der Waals surface area contributed by atoms with Crippen LogP contribution in [0, 0.1) is 5.92 Å². The summed E-state index contributed by atoms with van der Waals surface area (Å²) in [6, 6.07) is 0. The third-order valence-electron chi connectivity index (χ3n) is 5.24. The van der Waals surface area contributed by atoms with Crippen LogP contribution in [0.2, 0.25) is 18.1 Å². The fraction of sp³-hybridized carbons (Fsp3) is 1.00. The van der Waals surface area contributed by atoms with Crippen molar-refractivity contribution in [1.29, 1.82) is 0 Å². The molecular formula is C18H38O4Si. The Bertz CT molecular complexity index is 336. The summed E-state index contributed by atoms with van der Waals surface area (Å²) in [6.07, 6.45) is 3.78. The summed E-state index contributed by atoms with van der Waals surface area (Å²) in [7, 11) is -0.199. The largest absolute Gasteiger partial charge is 0.409 e. The van der Waals surface area contributed by atoms with E-state index in [1.807, 2.05) is 0 Å². The second kappa shape index (κ2) is 8.95. The van der Waals surface area contributed by atoms with Gasteiger partial charge in [-0.25, -0.2) is 0 Å². The summed E-state index contributed by atoms with van der Waals surface area (Å²) >= 11 is 0. The van der Waals surface area contributed by atoms with Crippen molar-refractivity contribution in [1.82, 2.24) is 0 Å². The molecule has 0 N–H and O–H groups in total. The van der Waals surface area contributed by atoms with E-state index in [4.69, 9.17) is 18.6 Å². The van der Waals surface area contributed by atoms with E-state index in [0.717, 1.165) is 13.0 Å². The molecule has 4 atom stereocenters.